The van der Waals surface area contributed by atoms with Gasteiger partial charge in [0.15, 0.2) is 23.0 Å². The number of carbonyl (C=O) groups excluding carboxylic acids is 3. The van der Waals surface area contributed by atoms with Crippen LogP contribution in [0.2, 0.25) is 0 Å². The molecule has 0 spiro atoms. The summed E-state index contributed by atoms with van der Waals surface area (Å²) in [5, 5.41) is 44.8. The van der Waals surface area contributed by atoms with Gasteiger partial charge in [-0.15, -0.1) is 0 Å². The average molecular weight is 532 g/mol. The van der Waals surface area contributed by atoms with Crippen molar-refractivity contribution in [2.45, 2.75) is 24.5 Å². The van der Waals surface area contributed by atoms with Crippen LogP contribution in [0.25, 0.3) is 0 Å². The number of anilines is 1. The van der Waals surface area contributed by atoms with Gasteiger partial charge in [0.25, 0.3) is 5.91 Å². The standard InChI is InChI=1S/C25H30FN5O7/c1-29(2)16-12-9-10-8-11-14(19(34)24(28-22(11)26)31-6-4-30(3)5-7-31)17(32)13(10)20(35)25(12,38)21(36)15(18(16)33)23(27)37/h10,12,16,33-35,38H,4-9H2,1-3H3,(H2,27,37)/t10-,12-,16-,25-/m0/s1. The number of piperazine rings is 1. The summed E-state index contributed by atoms with van der Waals surface area (Å²) in [5.74, 6) is -8.82. The molecule has 3 aliphatic carbocycles. The molecular formula is C25H30FN5O7. The predicted molar refractivity (Wildman–Crippen MR) is 131 cm³/mol. The highest BCUT2D eigenvalue weighted by Crippen LogP contribution is 2.52. The molecule has 0 bridgehead atoms. The van der Waals surface area contributed by atoms with Crippen LogP contribution in [0.4, 0.5) is 10.2 Å². The fourth-order valence-electron chi connectivity index (χ4n) is 6.39. The molecule has 204 valence electrons. The molecule has 1 saturated heterocycles. The lowest BCUT2D eigenvalue weighted by Gasteiger charge is -2.50. The number of likely N-dealkylation sites (N-methyl/N-ethyl adjacent to an activating group) is 2. The molecule has 1 aliphatic heterocycles. The number of ketones is 2. The lowest BCUT2D eigenvalue weighted by molar-refractivity contribution is -0.148. The quantitative estimate of drug-likeness (QED) is 0.248. The van der Waals surface area contributed by atoms with Crippen molar-refractivity contribution in [2.75, 3.05) is 52.2 Å². The summed E-state index contributed by atoms with van der Waals surface area (Å²) in [5.41, 5.74) is 0.860. The van der Waals surface area contributed by atoms with Gasteiger partial charge in [0.2, 0.25) is 11.7 Å². The number of halogens is 1. The Morgan fingerprint density at radius 3 is 2.37 bits per heavy atom. The van der Waals surface area contributed by atoms with E-state index >= 15 is 4.39 Å². The van der Waals surface area contributed by atoms with Crippen molar-refractivity contribution in [3.05, 3.63) is 39.7 Å². The van der Waals surface area contributed by atoms with E-state index in [1.54, 1.807) is 4.90 Å². The zero-order valence-corrected chi connectivity index (χ0v) is 21.2. The number of amides is 1. The van der Waals surface area contributed by atoms with Crippen LogP contribution in [-0.4, -0.2) is 112 Å². The molecule has 5 rings (SSSR count). The Labute approximate surface area is 217 Å². The molecule has 4 aliphatic rings. The number of pyridine rings is 1. The minimum atomic E-state index is -2.74. The summed E-state index contributed by atoms with van der Waals surface area (Å²) in [4.78, 5) is 48.3. The molecule has 6 N–H and O–H groups in total. The van der Waals surface area contributed by atoms with Crippen LogP contribution in [-0.2, 0) is 16.0 Å². The van der Waals surface area contributed by atoms with Gasteiger partial charge >= 0.3 is 0 Å². The Hall–Kier alpha value is -3.55. The number of aliphatic hydroxyl groups is 3. The molecule has 1 aromatic heterocycles. The summed E-state index contributed by atoms with van der Waals surface area (Å²) in [7, 11) is 4.99. The first-order chi connectivity index (χ1) is 17.8. The highest BCUT2D eigenvalue weighted by molar-refractivity contribution is 6.24. The zero-order valence-electron chi connectivity index (χ0n) is 21.2. The Morgan fingerprint density at radius 2 is 1.79 bits per heavy atom. The number of hydrogen-bond donors (Lipinski definition) is 5. The number of aromatic hydroxyl groups is 1. The summed E-state index contributed by atoms with van der Waals surface area (Å²) in [6.07, 6.45) is -0.268. The molecule has 12 nitrogen and oxygen atoms in total. The fraction of sp³-hybridized carbons (Fsp3) is 0.520. The van der Waals surface area contributed by atoms with Crippen LogP contribution in [0.3, 0.4) is 0 Å². The molecule has 1 fully saturated rings. The molecule has 4 atom stereocenters. The number of rotatable bonds is 3. The van der Waals surface area contributed by atoms with Crippen LogP contribution >= 0.6 is 0 Å². The number of nitrogens with two attached hydrogens (primary N) is 1. The first-order valence-corrected chi connectivity index (χ1v) is 12.3. The van der Waals surface area contributed by atoms with Crippen molar-refractivity contribution < 1.29 is 39.2 Å². The van der Waals surface area contributed by atoms with Gasteiger partial charge in [-0.3, -0.25) is 19.3 Å². The van der Waals surface area contributed by atoms with Gasteiger partial charge in [0.05, 0.1) is 11.6 Å². The number of nitrogens with zero attached hydrogens (tertiary/aromatic N) is 4. The average Bonchev–Trinajstić information content (AvgIpc) is 2.83. The highest BCUT2D eigenvalue weighted by atomic mass is 19.1. The van der Waals surface area contributed by atoms with E-state index in [0.29, 0.717) is 26.2 Å². The second kappa shape index (κ2) is 8.75. The number of primary amides is 1. The topological polar surface area (TPSA) is 181 Å². The lowest BCUT2D eigenvalue weighted by Crippen LogP contribution is -2.63. The maximum Gasteiger partial charge on any atom is 0.255 e. The molecule has 2 heterocycles. The Morgan fingerprint density at radius 1 is 1.16 bits per heavy atom. The van der Waals surface area contributed by atoms with E-state index < -0.39 is 69.7 Å². The summed E-state index contributed by atoms with van der Waals surface area (Å²) in [6, 6.07) is -1.11. The number of carbonyl (C=O) groups is 3. The van der Waals surface area contributed by atoms with E-state index in [-0.39, 0.29) is 35.4 Å². The minimum Gasteiger partial charge on any atom is -0.510 e. The van der Waals surface area contributed by atoms with E-state index in [1.165, 1.54) is 19.0 Å². The largest absolute Gasteiger partial charge is 0.510 e. The van der Waals surface area contributed by atoms with Crippen molar-refractivity contribution in [3.8, 4) is 5.75 Å². The summed E-state index contributed by atoms with van der Waals surface area (Å²) >= 11 is 0. The predicted octanol–water partition coefficient (Wildman–Crippen LogP) is -0.593. The first-order valence-electron chi connectivity index (χ1n) is 12.3. The van der Waals surface area contributed by atoms with Crippen molar-refractivity contribution in [1.82, 2.24) is 14.8 Å². The summed E-state index contributed by atoms with van der Waals surface area (Å²) < 4.78 is 15.3. The number of aromatic nitrogens is 1. The number of fused-ring (bicyclic) bond motifs is 3. The van der Waals surface area contributed by atoms with E-state index in [4.69, 9.17) is 5.73 Å². The van der Waals surface area contributed by atoms with Gasteiger partial charge in [-0.05, 0) is 39.9 Å². The molecular weight excluding hydrogens is 501 g/mol. The number of Topliss-reactive ketones (excluding diaryl/α,β-unsaturated/α-hetero) is 2. The molecule has 1 aromatic rings. The molecule has 0 aromatic carbocycles. The maximum absolute atomic E-state index is 15.3. The highest BCUT2D eigenvalue weighted by Gasteiger charge is 2.63. The number of allylic oxidation sites excluding steroid dienone is 1. The molecule has 0 unspecified atom stereocenters. The fourth-order valence-corrected chi connectivity index (χ4v) is 6.39. The Bertz CT molecular complexity index is 1330. The van der Waals surface area contributed by atoms with E-state index in [9.17, 15) is 34.8 Å². The molecule has 1 amide bonds. The normalized spacial score (nSPS) is 29.9. The third-order valence-corrected chi connectivity index (χ3v) is 8.32. The van der Waals surface area contributed by atoms with Crippen LogP contribution in [0.15, 0.2) is 22.7 Å². The molecule has 13 heteroatoms. The molecule has 0 radical (unpaired) electrons. The van der Waals surface area contributed by atoms with E-state index in [1.807, 2.05) is 7.05 Å². The van der Waals surface area contributed by atoms with Gasteiger partial charge in [-0.1, -0.05) is 0 Å². The molecule has 0 saturated carbocycles. The molecule has 38 heavy (non-hydrogen) atoms. The van der Waals surface area contributed by atoms with Gasteiger partial charge < -0.3 is 36.0 Å². The van der Waals surface area contributed by atoms with Gasteiger partial charge in [0.1, 0.15) is 17.1 Å². The van der Waals surface area contributed by atoms with Crippen molar-refractivity contribution in [3.63, 3.8) is 0 Å². The van der Waals surface area contributed by atoms with Crippen LogP contribution in [0, 0.1) is 17.8 Å². The van der Waals surface area contributed by atoms with Gasteiger partial charge in [-0.25, -0.2) is 0 Å². The van der Waals surface area contributed by atoms with Crippen molar-refractivity contribution in [1.29, 1.82) is 0 Å². The monoisotopic (exact) mass is 531 g/mol. The number of aliphatic hydroxyl groups excluding tert-OH is 2. The third kappa shape index (κ3) is 3.45. The second-order valence-electron chi connectivity index (χ2n) is 10.7. The van der Waals surface area contributed by atoms with Crippen LogP contribution in [0.5, 0.6) is 5.75 Å². The number of hydrogen-bond acceptors (Lipinski definition) is 11. The summed E-state index contributed by atoms with van der Waals surface area (Å²) in [6.45, 7) is 2.14. The van der Waals surface area contributed by atoms with Crippen LogP contribution in [0.1, 0.15) is 22.3 Å². The van der Waals surface area contributed by atoms with E-state index in [2.05, 4.69) is 9.88 Å². The Balaban J connectivity index is 1.66. The Kier molecular flexibility index (Phi) is 6.00. The lowest BCUT2D eigenvalue weighted by atomic mass is 9.58. The first kappa shape index (κ1) is 26.1. The minimum absolute atomic E-state index is 0.0982. The van der Waals surface area contributed by atoms with E-state index in [0.717, 1.165) is 0 Å². The second-order valence-corrected chi connectivity index (χ2v) is 10.7. The third-order valence-electron chi connectivity index (χ3n) is 8.32. The van der Waals surface area contributed by atoms with Gasteiger partial charge in [0, 0.05) is 43.2 Å². The van der Waals surface area contributed by atoms with Gasteiger partial charge in [-0.2, -0.15) is 9.37 Å². The SMILES string of the molecule is CN1CCN(c2nc(F)c3c(c2O)C(=O)C2=C(O)[C@]4(O)C(=O)C(C(N)=O)=C(O)[C@@H](N(C)C)[C@@H]4C[C@@H]2C3)CC1. The maximum atomic E-state index is 15.3. The van der Waals surface area contributed by atoms with Crippen molar-refractivity contribution >= 4 is 23.3 Å². The van der Waals surface area contributed by atoms with Crippen LogP contribution < -0.4 is 10.6 Å². The zero-order chi connectivity index (χ0) is 27.8. The van der Waals surface area contributed by atoms with Crippen molar-refractivity contribution in [2.24, 2.45) is 17.6 Å². The smallest absolute Gasteiger partial charge is 0.255 e.